The normalized spacial score (nSPS) is 14.8. The molecule has 2 unspecified atom stereocenters. The third-order valence-electron chi connectivity index (χ3n) is 2.60. The zero-order valence-corrected chi connectivity index (χ0v) is 9.63. The SMILES string of the molecule is CN(C)C(CC(N)C(=O)O)c1ccccc1. The van der Waals surface area contributed by atoms with Crippen molar-refractivity contribution < 1.29 is 9.90 Å². The van der Waals surface area contributed by atoms with Crippen molar-refractivity contribution >= 4 is 5.97 Å². The van der Waals surface area contributed by atoms with Gasteiger partial charge in [-0.15, -0.1) is 0 Å². The summed E-state index contributed by atoms with van der Waals surface area (Å²) < 4.78 is 0. The molecule has 0 aliphatic heterocycles. The van der Waals surface area contributed by atoms with Crippen molar-refractivity contribution in [1.82, 2.24) is 4.90 Å². The number of carbonyl (C=O) groups is 1. The minimum absolute atomic E-state index is 0.0345. The molecule has 0 fully saturated rings. The molecule has 0 aliphatic rings. The monoisotopic (exact) mass is 222 g/mol. The summed E-state index contributed by atoms with van der Waals surface area (Å²) in [5.41, 5.74) is 6.65. The molecule has 4 heteroatoms. The molecule has 0 bridgehead atoms. The van der Waals surface area contributed by atoms with Crippen molar-refractivity contribution in [3.63, 3.8) is 0 Å². The third kappa shape index (κ3) is 3.32. The van der Waals surface area contributed by atoms with Crippen LogP contribution >= 0.6 is 0 Å². The molecule has 1 aromatic rings. The van der Waals surface area contributed by atoms with E-state index in [0.717, 1.165) is 5.56 Å². The lowest BCUT2D eigenvalue weighted by Crippen LogP contribution is -2.35. The van der Waals surface area contributed by atoms with Crippen LogP contribution in [-0.2, 0) is 4.79 Å². The summed E-state index contributed by atoms with van der Waals surface area (Å²) in [7, 11) is 3.85. The average molecular weight is 222 g/mol. The molecule has 2 atom stereocenters. The van der Waals surface area contributed by atoms with Gasteiger partial charge in [0.05, 0.1) is 0 Å². The maximum atomic E-state index is 10.7. The second-order valence-electron chi connectivity index (χ2n) is 4.07. The Kier molecular flexibility index (Phi) is 4.46. The van der Waals surface area contributed by atoms with Gasteiger partial charge < -0.3 is 15.7 Å². The molecule has 1 aromatic carbocycles. The van der Waals surface area contributed by atoms with E-state index in [0.29, 0.717) is 6.42 Å². The van der Waals surface area contributed by atoms with Gasteiger partial charge in [0.2, 0.25) is 0 Å². The smallest absolute Gasteiger partial charge is 0.320 e. The van der Waals surface area contributed by atoms with E-state index in [9.17, 15) is 4.79 Å². The molecule has 0 heterocycles. The molecule has 16 heavy (non-hydrogen) atoms. The quantitative estimate of drug-likeness (QED) is 0.782. The number of nitrogens with zero attached hydrogens (tertiary/aromatic N) is 1. The molecule has 1 rings (SSSR count). The number of aliphatic carboxylic acids is 1. The first-order valence-corrected chi connectivity index (χ1v) is 5.22. The molecule has 88 valence electrons. The van der Waals surface area contributed by atoms with Gasteiger partial charge >= 0.3 is 5.97 Å². The predicted octanol–water partition coefficient (Wildman–Crippen LogP) is 1.09. The van der Waals surface area contributed by atoms with Crippen LogP contribution in [0.1, 0.15) is 18.0 Å². The highest BCUT2D eigenvalue weighted by Gasteiger charge is 2.21. The summed E-state index contributed by atoms with van der Waals surface area (Å²) in [4.78, 5) is 12.7. The summed E-state index contributed by atoms with van der Waals surface area (Å²) in [6.45, 7) is 0. The van der Waals surface area contributed by atoms with Crippen LogP contribution in [0.25, 0.3) is 0 Å². The van der Waals surface area contributed by atoms with E-state index in [4.69, 9.17) is 10.8 Å². The van der Waals surface area contributed by atoms with Gasteiger partial charge in [0.25, 0.3) is 0 Å². The van der Waals surface area contributed by atoms with E-state index in [-0.39, 0.29) is 6.04 Å². The van der Waals surface area contributed by atoms with Crippen LogP contribution in [0, 0.1) is 0 Å². The van der Waals surface area contributed by atoms with Crippen molar-refractivity contribution in [2.24, 2.45) is 5.73 Å². The molecule has 0 amide bonds. The van der Waals surface area contributed by atoms with Gasteiger partial charge in [-0.2, -0.15) is 0 Å². The molecule has 0 saturated carbocycles. The first-order valence-electron chi connectivity index (χ1n) is 5.22. The molecule has 0 aliphatic carbocycles. The van der Waals surface area contributed by atoms with Crippen molar-refractivity contribution in [3.05, 3.63) is 35.9 Å². The Hall–Kier alpha value is -1.39. The summed E-state index contributed by atoms with van der Waals surface area (Å²) in [6, 6.07) is 9.00. The molecule has 0 spiro atoms. The van der Waals surface area contributed by atoms with Crippen LogP contribution in [0.3, 0.4) is 0 Å². The Balaban J connectivity index is 2.81. The summed E-state index contributed by atoms with van der Waals surface area (Å²) >= 11 is 0. The minimum Gasteiger partial charge on any atom is -0.480 e. The summed E-state index contributed by atoms with van der Waals surface area (Å²) in [5, 5.41) is 8.82. The van der Waals surface area contributed by atoms with Crippen LogP contribution in [0.15, 0.2) is 30.3 Å². The average Bonchev–Trinajstić information content (AvgIpc) is 2.26. The standard InChI is InChI=1S/C12H18N2O2/c1-14(2)11(8-10(13)12(15)16)9-6-4-3-5-7-9/h3-7,10-11H,8,13H2,1-2H3,(H,15,16). The number of rotatable bonds is 5. The Morgan fingerprint density at radius 3 is 2.38 bits per heavy atom. The van der Waals surface area contributed by atoms with Crippen LogP contribution in [0.5, 0.6) is 0 Å². The minimum atomic E-state index is -0.956. The second kappa shape index (κ2) is 5.63. The number of hydrogen-bond donors (Lipinski definition) is 2. The van der Waals surface area contributed by atoms with Gasteiger partial charge in [-0.1, -0.05) is 30.3 Å². The highest BCUT2D eigenvalue weighted by Crippen LogP contribution is 2.22. The third-order valence-corrected chi connectivity index (χ3v) is 2.60. The van der Waals surface area contributed by atoms with E-state index in [1.807, 2.05) is 49.3 Å². The number of carboxylic acid groups (broad SMARTS) is 1. The Bertz CT molecular complexity index is 338. The lowest BCUT2D eigenvalue weighted by molar-refractivity contribution is -0.139. The first-order chi connectivity index (χ1) is 7.52. The predicted molar refractivity (Wildman–Crippen MR) is 63.1 cm³/mol. The van der Waals surface area contributed by atoms with Crippen LogP contribution in [0.2, 0.25) is 0 Å². The molecule has 3 N–H and O–H groups in total. The Morgan fingerprint density at radius 2 is 1.94 bits per heavy atom. The molecule has 0 saturated heterocycles. The highest BCUT2D eigenvalue weighted by molar-refractivity contribution is 5.73. The van der Waals surface area contributed by atoms with Crippen LogP contribution in [-0.4, -0.2) is 36.1 Å². The van der Waals surface area contributed by atoms with Gasteiger partial charge in [0.15, 0.2) is 0 Å². The van der Waals surface area contributed by atoms with Crippen molar-refractivity contribution in [2.75, 3.05) is 14.1 Å². The molecular formula is C12H18N2O2. The van der Waals surface area contributed by atoms with E-state index in [1.165, 1.54) is 0 Å². The zero-order valence-electron chi connectivity index (χ0n) is 9.63. The Labute approximate surface area is 95.7 Å². The van der Waals surface area contributed by atoms with Crippen molar-refractivity contribution in [1.29, 1.82) is 0 Å². The fourth-order valence-corrected chi connectivity index (χ4v) is 1.66. The zero-order chi connectivity index (χ0) is 12.1. The number of hydrogen-bond acceptors (Lipinski definition) is 3. The lowest BCUT2D eigenvalue weighted by atomic mass is 9.99. The maximum absolute atomic E-state index is 10.7. The summed E-state index contributed by atoms with van der Waals surface area (Å²) in [6.07, 6.45) is 0.409. The van der Waals surface area contributed by atoms with E-state index in [1.54, 1.807) is 0 Å². The largest absolute Gasteiger partial charge is 0.480 e. The number of nitrogens with two attached hydrogens (primary N) is 1. The molecular weight excluding hydrogens is 204 g/mol. The molecule has 0 aromatic heterocycles. The molecule has 0 radical (unpaired) electrons. The van der Waals surface area contributed by atoms with Crippen molar-refractivity contribution in [3.8, 4) is 0 Å². The Morgan fingerprint density at radius 1 is 1.38 bits per heavy atom. The maximum Gasteiger partial charge on any atom is 0.320 e. The van der Waals surface area contributed by atoms with Gasteiger partial charge in [0, 0.05) is 6.04 Å². The fraction of sp³-hybridized carbons (Fsp3) is 0.417. The van der Waals surface area contributed by atoms with Gasteiger partial charge in [-0.3, -0.25) is 4.79 Å². The van der Waals surface area contributed by atoms with Crippen LogP contribution in [0.4, 0.5) is 0 Å². The van der Waals surface area contributed by atoms with Gasteiger partial charge in [0.1, 0.15) is 6.04 Å². The van der Waals surface area contributed by atoms with Gasteiger partial charge in [-0.05, 0) is 26.1 Å². The van der Waals surface area contributed by atoms with E-state index < -0.39 is 12.0 Å². The summed E-state index contributed by atoms with van der Waals surface area (Å²) in [5.74, 6) is -0.956. The molecule has 4 nitrogen and oxygen atoms in total. The van der Waals surface area contributed by atoms with Gasteiger partial charge in [-0.25, -0.2) is 0 Å². The lowest BCUT2D eigenvalue weighted by Gasteiger charge is -2.26. The highest BCUT2D eigenvalue weighted by atomic mass is 16.4. The first kappa shape index (κ1) is 12.7. The van der Waals surface area contributed by atoms with E-state index >= 15 is 0 Å². The fourth-order valence-electron chi connectivity index (χ4n) is 1.66. The van der Waals surface area contributed by atoms with Crippen LogP contribution < -0.4 is 5.73 Å². The number of benzene rings is 1. The number of carboxylic acids is 1. The van der Waals surface area contributed by atoms with Crippen molar-refractivity contribution in [2.45, 2.75) is 18.5 Å². The van der Waals surface area contributed by atoms with E-state index in [2.05, 4.69) is 0 Å². The second-order valence-corrected chi connectivity index (χ2v) is 4.07. The topological polar surface area (TPSA) is 66.6 Å².